The van der Waals surface area contributed by atoms with E-state index in [1.54, 1.807) is 0 Å². The molecule has 0 bridgehead atoms. The number of hydrogen-bond acceptors (Lipinski definition) is 3. The van der Waals surface area contributed by atoms with E-state index in [0.29, 0.717) is 24.8 Å². The number of likely N-dealkylation sites (tertiary alicyclic amines) is 2. The second kappa shape index (κ2) is 7.06. The van der Waals surface area contributed by atoms with Crippen LogP contribution in [0.2, 0.25) is 0 Å². The number of hydrogen-bond donors (Lipinski definition) is 1. The normalized spacial score (nSPS) is 27.5. The van der Waals surface area contributed by atoms with Crippen LogP contribution in [0.1, 0.15) is 55.2 Å². The number of aryl methyl sites for hydroxylation is 1. The van der Waals surface area contributed by atoms with Gasteiger partial charge in [-0.25, -0.2) is 0 Å². The number of carbonyl (C=O) groups excluding carboxylic acids is 2. The van der Waals surface area contributed by atoms with Crippen molar-refractivity contribution in [1.82, 2.24) is 14.8 Å². The monoisotopic (exact) mass is 359 g/mol. The van der Waals surface area contributed by atoms with E-state index < -0.39 is 0 Å². The molecule has 3 aliphatic heterocycles. The Kier molecular flexibility index (Phi) is 4.78. The van der Waals surface area contributed by atoms with Crippen molar-refractivity contribution in [3.8, 4) is 0 Å². The number of ether oxygens (including phenoxy) is 1. The average molecular weight is 359 g/mol. The molecule has 4 heterocycles. The molecular weight excluding hydrogens is 330 g/mol. The number of carbonyl (C=O) groups is 2. The van der Waals surface area contributed by atoms with Crippen LogP contribution in [-0.2, 0) is 16.0 Å². The molecule has 0 radical (unpaired) electrons. The molecule has 6 nitrogen and oxygen atoms in total. The van der Waals surface area contributed by atoms with Gasteiger partial charge in [-0.3, -0.25) is 9.59 Å². The van der Waals surface area contributed by atoms with E-state index in [1.165, 1.54) is 0 Å². The van der Waals surface area contributed by atoms with Gasteiger partial charge in [0.05, 0.1) is 5.41 Å². The van der Waals surface area contributed by atoms with Crippen molar-refractivity contribution in [2.45, 2.75) is 51.5 Å². The topological polar surface area (TPSA) is 65.6 Å². The Labute approximate surface area is 154 Å². The SMILES string of the molecule is CCc1ccc(C(=O)N2CCC3(CCCN(C4CCOCC4)C3=O)C2)[nH]1. The molecule has 0 aromatic carbocycles. The molecular formula is C20H29N3O3. The predicted molar refractivity (Wildman–Crippen MR) is 97.9 cm³/mol. The molecule has 26 heavy (non-hydrogen) atoms. The highest BCUT2D eigenvalue weighted by molar-refractivity contribution is 5.94. The molecule has 0 saturated carbocycles. The minimum Gasteiger partial charge on any atom is -0.381 e. The third-order valence-electron chi connectivity index (χ3n) is 6.40. The fourth-order valence-corrected chi connectivity index (χ4v) is 4.81. The van der Waals surface area contributed by atoms with Gasteiger partial charge in [-0.1, -0.05) is 6.92 Å². The number of aromatic amines is 1. The fourth-order valence-electron chi connectivity index (χ4n) is 4.81. The van der Waals surface area contributed by atoms with Crippen molar-refractivity contribution >= 4 is 11.8 Å². The van der Waals surface area contributed by atoms with Gasteiger partial charge in [0.1, 0.15) is 5.69 Å². The zero-order valence-electron chi connectivity index (χ0n) is 15.6. The van der Waals surface area contributed by atoms with Gasteiger partial charge in [0.15, 0.2) is 0 Å². The number of piperidine rings is 1. The van der Waals surface area contributed by atoms with E-state index in [-0.39, 0.29) is 17.2 Å². The van der Waals surface area contributed by atoms with Crippen molar-refractivity contribution < 1.29 is 14.3 Å². The summed E-state index contributed by atoms with van der Waals surface area (Å²) in [7, 11) is 0. The molecule has 1 unspecified atom stereocenters. The maximum absolute atomic E-state index is 13.3. The van der Waals surface area contributed by atoms with Crippen molar-refractivity contribution in [3.05, 3.63) is 23.5 Å². The molecule has 0 aliphatic carbocycles. The van der Waals surface area contributed by atoms with Gasteiger partial charge in [0.2, 0.25) is 5.91 Å². The maximum atomic E-state index is 13.3. The van der Waals surface area contributed by atoms with Crippen LogP contribution in [-0.4, -0.2) is 65.5 Å². The highest BCUT2D eigenvalue weighted by atomic mass is 16.5. The van der Waals surface area contributed by atoms with Gasteiger partial charge < -0.3 is 19.5 Å². The first kappa shape index (κ1) is 17.6. The van der Waals surface area contributed by atoms with Gasteiger partial charge in [-0.05, 0) is 50.7 Å². The number of H-pyrrole nitrogens is 1. The van der Waals surface area contributed by atoms with Crippen molar-refractivity contribution in [1.29, 1.82) is 0 Å². The van der Waals surface area contributed by atoms with Gasteiger partial charge in [-0.15, -0.1) is 0 Å². The summed E-state index contributed by atoms with van der Waals surface area (Å²) in [6, 6.07) is 4.15. The first-order valence-corrected chi connectivity index (χ1v) is 9.99. The van der Waals surface area contributed by atoms with Crippen LogP contribution in [0.15, 0.2) is 12.1 Å². The summed E-state index contributed by atoms with van der Waals surface area (Å²) in [6.07, 6.45) is 5.49. The molecule has 142 valence electrons. The molecule has 1 spiro atoms. The Balaban J connectivity index is 1.47. The van der Waals surface area contributed by atoms with Gasteiger partial charge in [0, 0.05) is 44.6 Å². The highest BCUT2D eigenvalue weighted by Crippen LogP contribution is 2.41. The lowest BCUT2D eigenvalue weighted by atomic mass is 9.77. The highest BCUT2D eigenvalue weighted by Gasteiger charge is 2.50. The van der Waals surface area contributed by atoms with E-state index in [2.05, 4.69) is 16.8 Å². The number of rotatable bonds is 3. The summed E-state index contributed by atoms with van der Waals surface area (Å²) in [5.74, 6) is 0.296. The van der Waals surface area contributed by atoms with E-state index in [0.717, 1.165) is 64.0 Å². The van der Waals surface area contributed by atoms with Crippen LogP contribution in [0.25, 0.3) is 0 Å². The molecule has 3 aliphatic rings. The predicted octanol–water partition coefficient (Wildman–Crippen LogP) is 2.21. The standard InChI is InChI=1S/C20H29N3O3/c1-2-15-4-5-17(21-15)18(24)22-11-9-20(14-22)8-3-10-23(19(20)25)16-6-12-26-13-7-16/h4-5,16,21H,2-3,6-14H2,1H3. The van der Waals surface area contributed by atoms with E-state index in [1.807, 2.05) is 17.0 Å². The van der Waals surface area contributed by atoms with Crippen LogP contribution in [0, 0.1) is 5.41 Å². The Bertz CT molecular complexity index is 680. The third-order valence-corrected chi connectivity index (χ3v) is 6.40. The molecule has 1 atom stereocenters. The lowest BCUT2D eigenvalue weighted by Gasteiger charge is -2.44. The van der Waals surface area contributed by atoms with E-state index in [9.17, 15) is 9.59 Å². The Morgan fingerprint density at radius 1 is 1.27 bits per heavy atom. The number of aromatic nitrogens is 1. The molecule has 6 heteroatoms. The van der Waals surface area contributed by atoms with Crippen molar-refractivity contribution in [2.24, 2.45) is 5.41 Å². The Morgan fingerprint density at radius 3 is 2.81 bits per heavy atom. The van der Waals surface area contributed by atoms with Crippen LogP contribution < -0.4 is 0 Å². The smallest absolute Gasteiger partial charge is 0.270 e. The number of amides is 2. The van der Waals surface area contributed by atoms with Crippen LogP contribution >= 0.6 is 0 Å². The zero-order chi connectivity index (χ0) is 18.1. The van der Waals surface area contributed by atoms with Crippen molar-refractivity contribution in [3.63, 3.8) is 0 Å². The summed E-state index contributed by atoms with van der Waals surface area (Å²) >= 11 is 0. The number of nitrogens with zero attached hydrogens (tertiary/aromatic N) is 2. The minimum atomic E-state index is -0.369. The first-order valence-electron chi connectivity index (χ1n) is 9.99. The number of nitrogens with one attached hydrogen (secondary N) is 1. The van der Waals surface area contributed by atoms with Gasteiger partial charge in [0.25, 0.3) is 5.91 Å². The third kappa shape index (κ3) is 3.04. The quantitative estimate of drug-likeness (QED) is 0.900. The van der Waals surface area contributed by atoms with E-state index >= 15 is 0 Å². The Morgan fingerprint density at radius 2 is 2.08 bits per heavy atom. The molecule has 1 N–H and O–H groups in total. The second-order valence-corrected chi connectivity index (χ2v) is 7.95. The molecule has 4 rings (SSSR count). The summed E-state index contributed by atoms with van der Waals surface area (Å²) in [5, 5.41) is 0. The summed E-state index contributed by atoms with van der Waals surface area (Å²) in [5.41, 5.74) is 1.34. The summed E-state index contributed by atoms with van der Waals surface area (Å²) in [6.45, 7) is 5.65. The van der Waals surface area contributed by atoms with Gasteiger partial charge in [-0.2, -0.15) is 0 Å². The molecule has 3 saturated heterocycles. The first-order chi connectivity index (χ1) is 12.6. The van der Waals surface area contributed by atoms with Gasteiger partial charge >= 0.3 is 0 Å². The second-order valence-electron chi connectivity index (χ2n) is 7.95. The molecule has 1 aromatic heterocycles. The van der Waals surface area contributed by atoms with Crippen LogP contribution in [0.5, 0.6) is 0 Å². The van der Waals surface area contributed by atoms with Crippen molar-refractivity contribution in [2.75, 3.05) is 32.8 Å². The Hall–Kier alpha value is -1.82. The summed E-state index contributed by atoms with van der Waals surface area (Å²) < 4.78 is 5.46. The van der Waals surface area contributed by atoms with Crippen LogP contribution in [0.4, 0.5) is 0 Å². The largest absolute Gasteiger partial charge is 0.381 e. The lowest BCUT2D eigenvalue weighted by Crippen LogP contribution is -2.55. The zero-order valence-corrected chi connectivity index (χ0v) is 15.6. The molecule has 2 amide bonds. The lowest BCUT2D eigenvalue weighted by molar-refractivity contribution is -0.150. The molecule has 1 aromatic rings. The van der Waals surface area contributed by atoms with Crippen LogP contribution in [0.3, 0.4) is 0 Å². The fraction of sp³-hybridized carbons (Fsp3) is 0.700. The average Bonchev–Trinajstić information content (AvgIpc) is 3.32. The maximum Gasteiger partial charge on any atom is 0.270 e. The summed E-state index contributed by atoms with van der Waals surface area (Å²) in [4.78, 5) is 33.4. The van der Waals surface area contributed by atoms with E-state index in [4.69, 9.17) is 4.74 Å². The molecule has 3 fully saturated rings. The minimum absolute atomic E-state index is 0.0255.